The minimum absolute atomic E-state index is 0.944. The molecule has 2 heteroatoms. The molecular weight excluding hydrogens is 167 g/mol. The topological polar surface area (TPSA) is 9.23 Å². The van der Waals surface area contributed by atoms with Crippen molar-refractivity contribution in [2.75, 3.05) is 7.11 Å². The van der Waals surface area contributed by atoms with Gasteiger partial charge >= 0.3 is 0 Å². The zero-order valence-electron chi connectivity index (χ0n) is 7.63. The molecule has 0 fully saturated rings. The molecule has 1 unspecified atom stereocenters. The molecule has 0 N–H and O–H groups in total. The maximum absolute atomic E-state index is 5.16. The second-order valence-corrected chi connectivity index (χ2v) is 3.45. The number of hydrogen-bond acceptors (Lipinski definition) is 1. The lowest BCUT2D eigenvalue weighted by molar-refractivity contribution is 0.418. The Balaban J connectivity index is 2.86. The van der Waals surface area contributed by atoms with Crippen LogP contribution in [0.3, 0.4) is 0 Å². The van der Waals surface area contributed by atoms with Gasteiger partial charge in [-0.25, -0.2) is 0 Å². The molecule has 1 aromatic rings. The maximum Gasteiger partial charge on any atom is 0.125 e. The van der Waals surface area contributed by atoms with Crippen molar-refractivity contribution >= 4 is 14.5 Å². The van der Waals surface area contributed by atoms with Gasteiger partial charge in [0.2, 0.25) is 0 Å². The van der Waals surface area contributed by atoms with Crippen LogP contribution in [0, 0.1) is 0 Å². The third-order valence-electron chi connectivity index (χ3n) is 1.83. The molecule has 0 amide bonds. The molecule has 0 radical (unpaired) electrons. The summed E-state index contributed by atoms with van der Waals surface area (Å²) in [5, 5.41) is 1.14. The highest BCUT2D eigenvalue weighted by Crippen LogP contribution is 2.13. The Bertz CT molecular complexity index is 258. The molecule has 0 aliphatic rings. The van der Waals surface area contributed by atoms with Gasteiger partial charge in [0.1, 0.15) is 5.75 Å². The zero-order chi connectivity index (χ0) is 8.97. The highest BCUT2D eigenvalue weighted by molar-refractivity contribution is 7.27. The Morgan fingerprint density at radius 3 is 2.67 bits per heavy atom. The van der Waals surface area contributed by atoms with E-state index in [9.17, 15) is 0 Å². The van der Waals surface area contributed by atoms with Crippen LogP contribution in [0.25, 0.3) is 0 Å². The Hall–Kier alpha value is -0.550. The van der Waals surface area contributed by atoms with E-state index in [4.69, 9.17) is 4.74 Å². The van der Waals surface area contributed by atoms with Gasteiger partial charge < -0.3 is 4.74 Å². The summed E-state index contributed by atoms with van der Waals surface area (Å²) in [5.41, 5.74) is 1.38. The van der Waals surface area contributed by atoms with Gasteiger partial charge in [0.25, 0.3) is 0 Å². The second-order valence-electron chi connectivity index (χ2n) is 2.83. The van der Waals surface area contributed by atoms with Gasteiger partial charge in [0, 0.05) is 5.30 Å². The van der Waals surface area contributed by atoms with E-state index >= 15 is 0 Å². The number of benzene rings is 1. The molecule has 0 aliphatic heterocycles. The summed E-state index contributed by atoms with van der Waals surface area (Å²) in [7, 11) is 4.39. The SMILES string of the molecule is CCCc1ccc(OC)c(P)c1. The molecular formula is C10H15OP. The standard InChI is InChI=1S/C10H15OP/c1-3-4-8-5-6-9(11-2)10(12)7-8/h5-7H,3-4,12H2,1-2H3. The van der Waals surface area contributed by atoms with E-state index in [-0.39, 0.29) is 0 Å². The Labute approximate surface area is 76.3 Å². The van der Waals surface area contributed by atoms with E-state index < -0.39 is 0 Å². The monoisotopic (exact) mass is 182 g/mol. The first-order chi connectivity index (χ1) is 5.77. The molecule has 0 heterocycles. The first-order valence-corrected chi connectivity index (χ1v) is 4.78. The molecule has 1 nitrogen and oxygen atoms in total. The highest BCUT2D eigenvalue weighted by Gasteiger charge is 1.98. The third-order valence-corrected chi connectivity index (χ3v) is 2.28. The minimum Gasteiger partial charge on any atom is -0.496 e. The number of ether oxygens (including phenoxy) is 1. The summed E-state index contributed by atoms with van der Waals surface area (Å²) in [5.74, 6) is 0.944. The van der Waals surface area contributed by atoms with Crippen LogP contribution in [0.2, 0.25) is 0 Å². The fourth-order valence-electron chi connectivity index (χ4n) is 1.23. The predicted molar refractivity (Wildman–Crippen MR) is 56.3 cm³/mol. The van der Waals surface area contributed by atoms with Crippen LogP contribution in [0.15, 0.2) is 18.2 Å². The van der Waals surface area contributed by atoms with Crippen molar-refractivity contribution in [2.24, 2.45) is 0 Å². The lowest BCUT2D eigenvalue weighted by Gasteiger charge is -2.05. The van der Waals surface area contributed by atoms with Gasteiger partial charge in [-0.3, -0.25) is 0 Å². The quantitative estimate of drug-likeness (QED) is 0.651. The van der Waals surface area contributed by atoms with E-state index in [0.29, 0.717) is 0 Å². The van der Waals surface area contributed by atoms with Crippen molar-refractivity contribution in [3.05, 3.63) is 23.8 Å². The summed E-state index contributed by atoms with van der Waals surface area (Å²) in [6.07, 6.45) is 2.34. The van der Waals surface area contributed by atoms with Crippen LogP contribution in [0.1, 0.15) is 18.9 Å². The van der Waals surface area contributed by atoms with E-state index in [1.54, 1.807) is 7.11 Å². The Kier molecular flexibility index (Phi) is 3.55. The van der Waals surface area contributed by atoms with E-state index in [1.165, 1.54) is 12.0 Å². The van der Waals surface area contributed by atoms with Gasteiger partial charge in [0.05, 0.1) is 7.11 Å². The number of methoxy groups -OCH3 is 1. The van der Waals surface area contributed by atoms with Crippen LogP contribution in [0.5, 0.6) is 5.75 Å². The van der Waals surface area contributed by atoms with E-state index in [2.05, 4.69) is 28.3 Å². The van der Waals surface area contributed by atoms with Crippen molar-refractivity contribution < 1.29 is 4.74 Å². The van der Waals surface area contributed by atoms with E-state index in [1.807, 2.05) is 6.07 Å². The average Bonchev–Trinajstić information content (AvgIpc) is 2.05. The van der Waals surface area contributed by atoms with Gasteiger partial charge in [0.15, 0.2) is 0 Å². The van der Waals surface area contributed by atoms with Crippen molar-refractivity contribution in [1.82, 2.24) is 0 Å². The van der Waals surface area contributed by atoms with Crippen LogP contribution >= 0.6 is 9.24 Å². The second kappa shape index (κ2) is 4.47. The fraction of sp³-hybridized carbons (Fsp3) is 0.400. The van der Waals surface area contributed by atoms with Crippen molar-refractivity contribution in [3.63, 3.8) is 0 Å². The molecule has 0 aliphatic carbocycles. The van der Waals surface area contributed by atoms with Crippen molar-refractivity contribution in [3.8, 4) is 5.75 Å². The third kappa shape index (κ3) is 2.22. The maximum atomic E-state index is 5.16. The van der Waals surface area contributed by atoms with Crippen molar-refractivity contribution in [2.45, 2.75) is 19.8 Å². The van der Waals surface area contributed by atoms with Crippen LogP contribution in [-0.4, -0.2) is 7.11 Å². The fourth-order valence-corrected chi connectivity index (χ4v) is 1.66. The normalized spacial score (nSPS) is 9.92. The molecule has 0 aromatic heterocycles. The summed E-state index contributed by atoms with van der Waals surface area (Å²) in [6, 6.07) is 6.30. The molecule has 0 spiro atoms. The van der Waals surface area contributed by atoms with Gasteiger partial charge in [-0.1, -0.05) is 19.4 Å². The zero-order valence-corrected chi connectivity index (χ0v) is 8.79. The molecule has 12 heavy (non-hydrogen) atoms. The largest absolute Gasteiger partial charge is 0.496 e. The molecule has 0 bridgehead atoms. The van der Waals surface area contributed by atoms with Crippen LogP contribution < -0.4 is 10.0 Å². The predicted octanol–water partition coefficient (Wildman–Crippen LogP) is 2.15. The lowest BCUT2D eigenvalue weighted by Crippen LogP contribution is -1.99. The molecule has 0 saturated carbocycles. The lowest BCUT2D eigenvalue weighted by atomic mass is 10.1. The number of rotatable bonds is 3. The molecule has 66 valence electrons. The Morgan fingerprint density at radius 2 is 2.17 bits per heavy atom. The highest BCUT2D eigenvalue weighted by atomic mass is 31.0. The van der Waals surface area contributed by atoms with Gasteiger partial charge in [-0.05, 0) is 24.1 Å². The van der Waals surface area contributed by atoms with Gasteiger partial charge in [-0.15, -0.1) is 9.24 Å². The average molecular weight is 182 g/mol. The van der Waals surface area contributed by atoms with E-state index in [0.717, 1.165) is 17.5 Å². The first-order valence-electron chi connectivity index (χ1n) is 4.20. The summed E-state index contributed by atoms with van der Waals surface area (Å²) < 4.78 is 5.16. The smallest absolute Gasteiger partial charge is 0.125 e. The molecule has 0 saturated heterocycles. The molecule has 1 aromatic carbocycles. The number of hydrogen-bond donors (Lipinski definition) is 0. The molecule has 1 rings (SSSR count). The molecule has 1 atom stereocenters. The Morgan fingerprint density at radius 1 is 1.42 bits per heavy atom. The summed E-state index contributed by atoms with van der Waals surface area (Å²) in [6.45, 7) is 2.19. The first kappa shape index (κ1) is 9.54. The minimum atomic E-state index is 0.944. The summed E-state index contributed by atoms with van der Waals surface area (Å²) in [4.78, 5) is 0. The van der Waals surface area contributed by atoms with Crippen LogP contribution in [0.4, 0.5) is 0 Å². The summed E-state index contributed by atoms with van der Waals surface area (Å²) >= 11 is 0. The van der Waals surface area contributed by atoms with Crippen molar-refractivity contribution in [1.29, 1.82) is 0 Å². The van der Waals surface area contributed by atoms with Crippen LogP contribution in [-0.2, 0) is 6.42 Å². The number of aryl methyl sites for hydroxylation is 1. The van der Waals surface area contributed by atoms with Gasteiger partial charge in [-0.2, -0.15) is 0 Å².